The maximum Gasteiger partial charge on any atom is 0.246 e. The summed E-state index contributed by atoms with van der Waals surface area (Å²) in [7, 11) is 3.36. The highest BCUT2D eigenvalue weighted by molar-refractivity contribution is 5.91. The highest BCUT2D eigenvalue weighted by Gasteiger charge is 2.06. The van der Waals surface area contributed by atoms with Crippen LogP contribution in [0.2, 0.25) is 0 Å². The van der Waals surface area contributed by atoms with Gasteiger partial charge in [-0.15, -0.1) is 0 Å². The SMILES string of the molecule is COc1ccc(CN(C)C(=O)/C=C/c2ccccc2C#N)cc1. The fourth-order valence-electron chi connectivity index (χ4n) is 2.12. The van der Waals surface area contributed by atoms with E-state index in [4.69, 9.17) is 10.00 Å². The van der Waals surface area contributed by atoms with Crippen molar-refractivity contribution in [3.8, 4) is 11.8 Å². The molecule has 0 saturated heterocycles. The lowest BCUT2D eigenvalue weighted by Gasteiger charge is -2.15. The molecule has 0 spiro atoms. The van der Waals surface area contributed by atoms with Crippen molar-refractivity contribution in [2.75, 3.05) is 14.2 Å². The Hall–Kier alpha value is -3.06. The van der Waals surface area contributed by atoms with E-state index in [1.807, 2.05) is 36.4 Å². The molecule has 0 aliphatic rings. The lowest BCUT2D eigenvalue weighted by atomic mass is 10.1. The predicted octanol–water partition coefficient (Wildman–Crippen LogP) is 3.24. The van der Waals surface area contributed by atoms with Crippen LogP contribution < -0.4 is 4.74 Å². The first-order valence-corrected chi connectivity index (χ1v) is 7.19. The van der Waals surface area contributed by atoms with Crippen LogP contribution in [0.5, 0.6) is 5.75 Å². The standard InChI is InChI=1S/C19H18N2O2/c1-21(14-15-7-10-18(23-2)11-8-15)19(22)12-9-16-5-3-4-6-17(16)13-20/h3-12H,14H2,1-2H3/b12-9+. The highest BCUT2D eigenvalue weighted by Crippen LogP contribution is 2.13. The van der Waals surface area contributed by atoms with Gasteiger partial charge in [0.1, 0.15) is 5.75 Å². The number of rotatable bonds is 5. The summed E-state index contributed by atoms with van der Waals surface area (Å²) in [4.78, 5) is 13.8. The minimum Gasteiger partial charge on any atom is -0.497 e. The van der Waals surface area contributed by atoms with Crippen molar-refractivity contribution in [3.05, 3.63) is 71.3 Å². The van der Waals surface area contributed by atoms with Crippen LogP contribution in [0.4, 0.5) is 0 Å². The summed E-state index contributed by atoms with van der Waals surface area (Å²) in [6.45, 7) is 0.507. The number of hydrogen-bond acceptors (Lipinski definition) is 3. The molecule has 2 aromatic carbocycles. The molecule has 4 nitrogen and oxygen atoms in total. The van der Waals surface area contributed by atoms with E-state index in [9.17, 15) is 4.79 Å². The van der Waals surface area contributed by atoms with Crippen LogP contribution in [0.15, 0.2) is 54.6 Å². The average Bonchev–Trinajstić information content (AvgIpc) is 2.60. The lowest BCUT2D eigenvalue weighted by Crippen LogP contribution is -2.24. The maximum atomic E-state index is 12.2. The quantitative estimate of drug-likeness (QED) is 0.797. The molecule has 0 aromatic heterocycles. The molecule has 0 fully saturated rings. The Bertz CT molecular complexity index is 743. The topological polar surface area (TPSA) is 53.3 Å². The number of hydrogen-bond donors (Lipinski definition) is 0. The molecule has 0 N–H and O–H groups in total. The minimum atomic E-state index is -0.117. The van der Waals surface area contributed by atoms with Gasteiger partial charge in [-0.05, 0) is 35.4 Å². The third-order valence-electron chi connectivity index (χ3n) is 3.44. The second-order valence-corrected chi connectivity index (χ2v) is 5.07. The molecule has 2 rings (SSSR count). The molecule has 0 aliphatic carbocycles. The van der Waals surface area contributed by atoms with Gasteiger partial charge in [0.2, 0.25) is 5.91 Å². The van der Waals surface area contributed by atoms with E-state index in [0.29, 0.717) is 12.1 Å². The van der Waals surface area contributed by atoms with Gasteiger partial charge in [0.25, 0.3) is 0 Å². The Morgan fingerprint density at radius 3 is 2.57 bits per heavy atom. The van der Waals surface area contributed by atoms with Crippen molar-refractivity contribution in [2.24, 2.45) is 0 Å². The summed E-state index contributed by atoms with van der Waals surface area (Å²) in [5.74, 6) is 0.671. The Morgan fingerprint density at radius 1 is 1.22 bits per heavy atom. The maximum absolute atomic E-state index is 12.2. The molecule has 23 heavy (non-hydrogen) atoms. The van der Waals surface area contributed by atoms with Crippen LogP contribution in [0, 0.1) is 11.3 Å². The molecular formula is C19H18N2O2. The van der Waals surface area contributed by atoms with Crippen LogP contribution in [-0.4, -0.2) is 25.0 Å². The van der Waals surface area contributed by atoms with Crippen LogP contribution in [0.1, 0.15) is 16.7 Å². The summed E-state index contributed by atoms with van der Waals surface area (Å²) < 4.78 is 5.11. The van der Waals surface area contributed by atoms with E-state index in [-0.39, 0.29) is 5.91 Å². The van der Waals surface area contributed by atoms with Gasteiger partial charge >= 0.3 is 0 Å². The zero-order chi connectivity index (χ0) is 16.7. The molecule has 4 heteroatoms. The molecule has 0 heterocycles. The molecule has 1 amide bonds. The number of carbonyl (C=O) groups excluding carboxylic acids is 1. The van der Waals surface area contributed by atoms with Crippen molar-refractivity contribution in [1.29, 1.82) is 5.26 Å². The van der Waals surface area contributed by atoms with E-state index in [1.165, 1.54) is 6.08 Å². The molecule has 0 bridgehead atoms. The van der Waals surface area contributed by atoms with Crippen molar-refractivity contribution >= 4 is 12.0 Å². The minimum absolute atomic E-state index is 0.117. The Kier molecular flexibility index (Phi) is 5.54. The van der Waals surface area contributed by atoms with Gasteiger partial charge in [-0.2, -0.15) is 5.26 Å². The smallest absolute Gasteiger partial charge is 0.246 e. The summed E-state index contributed by atoms with van der Waals surface area (Å²) >= 11 is 0. The Morgan fingerprint density at radius 2 is 1.91 bits per heavy atom. The molecule has 2 aromatic rings. The van der Waals surface area contributed by atoms with Gasteiger partial charge in [0.05, 0.1) is 18.7 Å². The van der Waals surface area contributed by atoms with E-state index in [0.717, 1.165) is 16.9 Å². The van der Waals surface area contributed by atoms with E-state index < -0.39 is 0 Å². The normalized spacial score (nSPS) is 10.3. The van der Waals surface area contributed by atoms with Gasteiger partial charge in [0.15, 0.2) is 0 Å². The van der Waals surface area contributed by atoms with Crippen molar-refractivity contribution < 1.29 is 9.53 Å². The zero-order valence-electron chi connectivity index (χ0n) is 13.2. The molecule has 0 aliphatic heterocycles. The largest absolute Gasteiger partial charge is 0.497 e. The first kappa shape index (κ1) is 16.3. The first-order valence-electron chi connectivity index (χ1n) is 7.19. The first-order chi connectivity index (χ1) is 11.1. The molecule has 0 unspecified atom stereocenters. The van der Waals surface area contributed by atoms with Gasteiger partial charge in [-0.25, -0.2) is 0 Å². The van der Waals surface area contributed by atoms with Crippen LogP contribution in [0.25, 0.3) is 6.08 Å². The number of likely N-dealkylation sites (N-methyl/N-ethyl adjacent to an activating group) is 1. The highest BCUT2D eigenvalue weighted by atomic mass is 16.5. The summed E-state index contributed by atoms with van der Waals surface area (Å²) in [6, 6.07) is 16.9. The predicted molar refractivity (Wildman–Crippen MR) is 89.7 cm³/mol. The van der Waals surface area contributed by atoms with Crippen molar-refractivity contribution in [2.45, 2.75) is 6.54 Å². The van der Waals surface area contributed by atoms with Crippen LogP contribution in [-0.2, 0) is 11.3 Å². The van der Waals surface area contributed by atoms with Gasteiger partial charge in [0, 0.05) is 19.7 Å². The lowest BCUT2D eigenvalue weighted by molar-refractivity contribution is -0.125. The number of ether oxygens (including phenoxy) is 1. The molecule has 0 radical (unpaired) electrons. The van der Waals surface area contributed by atoms with Gasteiger partial charge < -0.3 is 9.64 Å². The number of nitriles is 1. The second-order valence-electron chi connectivity index (χ2n) is 5.07. The average molecular weight is 306 g/mol. The number of carbonyl (C=O) groups is 1. The Balaban J connectivity index is 2.02. The number of benzene rings is 2. The molecule has 116 valence electrons. The number of methoxy groups -OCH3 is 1. The zero-order valence-corrected chi connectivity index (χ0v) is 13.2. The summed E-state index contributed by atoms with van der Waals surface area (Å²) in [5.41, 5.74) is 2.31. The second kappa shape index (κ2) is 7.81. The Labute approximate surface area is 136 Å². The molecule has 0 saturated carbocycles. The van der Waals surface area contributed by atoms with Crippen molar-refractivity contribution in [1.82, 2.24) is 4.90 Å². The fraction of sp³-hybridized carbons (Fsp3) is 0.158. The fourth-order valence-corrected chi connectivity index (χ4v) is 2.12. The van der Waals surface area contributed by atoms with Crippen LogP contribution >= 0.6 is 0 Å². The third kappa shape index (κ3) is 4.45. The molecule has 0 atom stereocenters. The monoisotopic (exact) mass is 306 g/mol. The third-order valence-corrected chi connectivity index (χ3v) is 3.44. The van der Waals surface area contributed by atoms with E-state index >= 15 is 0 Å². The number of nitrogens with zero attached hydrogens (tertiary/aromatic N) is 2. The van der Waals surface area contributed by atoms with Gasteiger partial charge in [-0.1, -0.05) is 30.3 Å². The summed E-state index contributed by atoms with van der Waals surface area (Å²) in [5, 5.41) is 9.04. The van der Waals surface area contributed by atoms with Crippen LogP contribution in [0.3, 0.4) is 0 Å². The van der Waals surface area contributed by atoms with E-state index in [2.05, 4.69) is 6.07 Å². The summed E-state index contributed by atoms with van der Waals surface area (Å²) in [6.07, 6.45) is 3.16. The van der Waals surface area contributed by atoms with Gasteiger partial charge in [-0.3, -0.25) is 4.79 Å². The van der Waals surface area contributed by atoms with E-state index in [1.54, 1.807) is 37.3 Å². The number of amides is 1. The van der Waals surface area contributed by atoms with Crippen molar-refractivity contribution in [3.63, 3.8) is 0 Å². The molecular weight excluding hydrogens is 288 g/mol.